The van der Waals surface area contributed by atoms with Crippen molar-refractivity contribution in [1.82, 2.24) is 10.2 Å². The summed E-state index contributed by atoms with van der Waals surface area (Å²) in [6.07, 6.45) is 0. The van der Waals surface area contributed by atoms with Crippen LogP contribution in [0.25, 0.3) is 0 Å². The minimum absolute atomic E-state index is 0.0135. The summed E-state index contributed by atoms with van der Waals surface area (Å²) in [6.45, 7) is 12.2. The van der Waals surface area contributed by atoms with E-state index in [0.717, 1.165) is 31.7 Å². The molecule has 1 aliphatic rings. The number of nitrogens with one attached hydrogen (secondary N) is 1. The molecule has 2 rings (SSSR count). The molecule has 1 N–H and O–H groups in total. The van der Waals surface area contributed by atoms with Gasteiger partial charge in [0.25, 0.3) is 0 Å². The molecule has 0 aromatic heterocycles. The lowest BCUT2D eigenvalue weighted by Gasteiger charge is -2.32. The lowest BCUT2D eigenvalue weighted by molar-refractivity contribution is 0.0817. The Bertz CT molecular complexity index is 528. The Morgan fingerprint density at radius 1 is 1.27 bits per heavy atom. The molecule has 1 aliphatic heterocycles. The fraction of sp³-hybridized carbons (Fsp3) is 0.611. The van der Waals surface area contributed by atoms with Crippen LogP contribution in [0.1, 0.15) is 43.6 Å². The van der Waals surface area contributed by atoms with Crippen LogP contribution in [0.4, 0.5) is 0 Å². The highest BCUT2D eigenvalue weighted by molar-refractivity contribution is 6.02. The summed E-state index contributed by atoms with van der Waals surface area (Å²) in [6, 6.07) is 5.84. The van der Waals surface area contributed by atoms with Crippen molar-refractivity contribution >= 4 is 5.78 Å². The van der Waals surface area contributed by atoms with E-state index in [2.05, 4.69) is 31.0 Å². The van der Waals surface area contributed by atoms with E-state index < -0.39 is 0 Å². The normalized spacial score (nSPS) is 18.0. The average Bonchev–Trinajstić information content (AvgIpc) is 2.52. The molecular weight excluding hydrogens is 276 g/mol. The summed E-state index contributed by atoms with van der Waals surface area (Å²) in [5, 5.41) is 3.32. The number of carbonyl (C=O) groups excluding carboxylic acids is 1. The number of piperazine rings is 1. The molecule has 1 unspecified atom stereocenters. The maximum absolute atomic E-state index is 13.0. The zero-order valence-electron chi connectivity index (χ0n) is 14.4. The number of benzene rings is 1. The van der Waals surface area contributed by atoms with Gasteiger partial charge in [-0.25, -0.2) is 0 Å². The zero-order chi connectivity index (χ0) is 16.3. The fourth-order valence-electron chi connectivity index (χ4n) is 2.83. The molecular formula is C18H28N2O2. The second kappa shape index (κ2) is 6.80. The van der Waals surface area contributed by atoms with Crippen LogP contribution in [0, 0.1) is 0 Å². The van der Waals surface area contributed by atoms with E-state index in [1.54, 1.807) is 7.11 Å². The van der Waals surface area contributed by atoms with Crippen LogP contribution in [-0.2, 0) is 5.41 Å². The number of ether oxygens (including phenoxy) is 1. The van der Waals surface area contributed by atoms with Crippen LogP contribution >= 0.6 is 0 Å². The Balaban J connectivity index is 2.30. The van der Waals surface area contributed by atoms with Gasteiger partial charge in [0.1, 0.15) is 5.75 Å². The van der Waals surface area contributed by atoms with Gasteiger partial charge in [-0.05, 0) is 30.0 Å². The number of rotatable bonds is 4. The molecule has 122 valence electrons. The van der Waals surface area contributed by atoms with Gasteiger partial charge in [0, 0.05) is 26.2 Å². The molecule has 0 saturated carbocycles. The van der Waals surface area contributed by atoms with Crippen molar-refractivity contribution in [3.63, 3.8) is 0 Å². The number of hydrogen-bond donors (Lipinski definition) is 1. The SMILES string of the molecule is COc1ccc(C(C)(C)C)cc1C(=O)C(C)N1CCNCC1. The summed E-state index contributed by atoms with van der Waals surface area (Å²) in [7, 11) is 1.62. The minimum Gasteiger partial charge on any atom is -0.496 e. The van der Waals surface area contributed by atoms with E-state index >= 15 is 0 Å². The number of hydrogen-bond acceptors (Lipinski definition) is 4. The highest BCUT2D eigenvalue weighted by Gasteiger charge is 2.27. The van der Waals surface area contributed by atoms with E-state index in [9.17, 15) is 4.79 Å². The maximum atomic E-state index is 13.0. The van der Waals surface area contributed by atoms with Crippen LogP contribution in [0.15, 0.2) is 18.2 Å². The summed E-state index contributed by atoms with van der Waals surface area (Å²) < 4.78 is 5.42. The molecule has 0 radical (unpaired) electrons. The first-order valence-electron chi connectivity index (χ1n) is 8.02. The van der Waals surface area contributed by atoms with Gasteiger partial charge in [-0.3, -0.25) is 9.69 Å². The van der Waals surface area contributed by atoms with E-state index in [4.69, 9.17) is 4.74 Å². The summed E-state index contributed by atoms with van der Waals surface area (Å²) in [5.74, 6) is 0.810. The van der Waals surface area contributed by atoms with Crippen molar-refractivity contribution in [1.29, 1.82) is 0 Å². The molecule has 0 bridgehead atoms. The van der Waals surface area contributed by atoms with E-state index in [1.807, 2.05) is 25.1 Å². The van der Waals surface area contributed by atoms with Crippen LogP contribution < -0.4 is 10.1 Å². The Morgan fingerprint density at radius 3 is 2.45 bits per heavy atom. The molecule has 0 amide bonds. The minimum atomic E-state index is -0.119. The predicted octanol–water partition coefficient (Wildman–Crippen LogP) is 2.47. The number of nitrogens with zero attached hydrogens (tertiary/aromatic N) is 1. The molecule has 0 spiro atoms. The van der Waals surface area contributed by atoms with E-state index in [-0.39, 0.29) is 17.2 Å². The zero-order valence-corrected chi connectivity index (χ0v) is 14.4. The van der Waals surface area contributed by atoms with Crippen molar-refractivity contribution in [3.05, 3.63) is 29.3 Å². The number of ketones is 1. The Kier molecular flexibility index (Phi) is 5.24. The molecule has 0 aliphatic carbocycles. The number of carbonyl (C=O) groups is 1. The molecule has 4 nitrogen and oxygen atoms in total. The van der Waals surface area contributed by atoms with Gasteiger partial charge in [-0.15, -0.1) is 0 Å². The first kappa shape index (κ1) is 17.0. The van der Waals surface area contributed by atoms with Gasteiger partial charge in [-0.1, -0.05) is 26.8 Å². The Hall–Kier alpha value is -1.39. The Labute approximate surface area is 133 Å². The van der Waals surface area contributed by atoms with Crippen LogP contribution in [0.2, 0.25) is 0 Å². The third kappa shape index (κ3) is 3.68. The molecule has 4 heteroatoms. The van der Waals surface area contributed by atoms with E-state index in [1.165, 1.54) is 0 Å². The smallest absolute Gasteiger partial charge is 0.183 e. The molecule has 1 aromatic rings. The van der Waals surface area contributed by atoms with Crippen molar-refractivity contribution in [3.8, 4) is 5.75 Å². The first-order valence-corrected chi connectivity index (χ1v) is 8.02. The maximum Gasteiger partial charge on any atom is 0.183 e. The first-order chi connectivity index (χ1) is 10.3. The second-order valence-corrected chi connectivity index (χ2v) is 6.99. The number of Topliss-reactive ketones (excluding diaryl/α,β-unsaturated/α-hetero) is 1. The van der Waals surface area contributed by atoms with Crippen molar-refractivity contribution in [2.75, 3.05) is 33.3 Å². The Morgan fingerprint density at radius 2 is 1.91 bits per heavy atom. The molecule has 22 heavy (non-hydrogen) atoms. The highest BCUT2D eigenvalue weighted by Crippen LogP contribution is 2.29. The van der Waals surface area contributed by atoms with Crippen molar-refractivity contribution < 1.29 is 9.53 Å². The van der Waals surface area contributed by atoms with Gasteiger partial charge in [0.05, 0.1) is 18.7 Å². The van der Waals surface area contributed by atoms with Crippen molar-refractivity contribution in [2.24, 2.45) is 0 Å². The summed E-state index contributed by atoms with van der Waals surface area (Å²) in [5.41, 5.74) is 1.87. The van der Waals surface area contributed by atoms with Gasteiger partial charge >= 0.3 is 0 Å². The molecule has 1 fully saturated rings. The van der Waals surface area contributed by atoms with Crippen LogP contribution in [0.5, 0.6) is 5.75 Å². The molecule has 1 saturated heterocycles. The quantitative estimate of drug-likeness (QED) is 0.868. The van der Waals surface area contributed by atoms with Crippen LogP contribution in [-0.4, -0.2) is 50.0 Å². The standard InChI is InChI=1S/C18H28N2O2/c1-13(20-10-8-19-9-11-20)17(21)15-12-14(18(2,3)4)6-7-16(15)22-5/h6-7,12-13,19H,8-11H2,1-5H3. The second-order valence-electron chi connectivity index (χ2n) is 6.99. The van der Waals surface area contributed by atoms with Crippen molar-refractivity contribution in [2.45, 2.75) is 39.2 Å². The third-order valence-electron chi connectivity index (χ3n) is 4.41. The monoisotopic (exact) mass is 304 g/mol. The highest BCUT2D eigenvalue weighted by atomic mass is 16.5. The van der Waals surface area contributed by atoms with Gasteiger partial charge in [0.2, 0.25) is 0 Å². The third-order valence-corrected chi connectivity index (χ3v) is 4.41. The number of methoxy groups -OCH3 is 1. The van der Waals surface area contributed by atoms with Gasteiger partial charge < -0.3 is 10.1 Å². The fourth-order valence-corrected chi connectivity index (χ4v) is 2.83. The summed E-state index contributed by atoms with van der Waals surface area (Å²) in [4.78, 5) is 15.2. The summed E-state index contributed by atoms with van der Waals surface area (Å²) >= 11 is 0. The van der Waals surface area contributed by atoms with Gasteiger partial charge in [0.15, 0.2) is 5.78 Å². The predicted molar refractivity (Wildman–Crippen MR) is 89.9 cm³/mol. The van der Waals surface area contributed by atoms with Crippen LogP contribution in [0.3, 0.4) is 0 Å². The lowest BCUT2D eigenvalue weighted by atomic mass is 9.85. The molecule has 1 heterocycles. The molecule has 1 aromatic carbocycles. The topological polar surface area (TPSA) is 41.6 Å². The largest absolute Gasteiger partial charge is 0.496 e. The molecule has 1 atom stereocenters. The van der Waals surface area contributed by atoms with E-state index in [0.29, 0.717) is 11.3 Å². The van der Waals surface area contributed by atoms with Gasteiger partial charge in [-0.2, -0.15) is 0 Å². The average molecular weight is 304 g/mol. The lowest BCUT2D eigenvalue weighted by Crippen LogP contribution is -2.50.